The summed E-state index contributed by atoms with van der Waals surface area (Å²) in [5.41, 5.74) is 1.58. The molecule has 0 spiro atoms. The Morgan fingerprint density at radius 3 is 2.75 bits per heavy atom. The van der Waals surface area contributed by atoms with Gasteiger partial charge in [-0.15, -0.1) is 0 Å². The van der Waals surface area contributed by atoms with Crippen LogP contribution in [0.1, 0.15) is 32.1 Å². The summed E-state index contributed by atoms with van der Waals surface area (Å²) >= 11 is 3.31. The van der Waals surface area contributed by atoms with E-state index in [1.807, 2.05) is 0 Å². The van der Waals surface area contributed by atoms with Gasteiger partial charge in [-0.2, -0.15) is 0 Å². The molecule has 1 aromatic heterocycles. The zero-order valence-corrected chi connectivity index (χ0v) is 10.8. The molecule has 4 heteroatoms. The van der Waals surface area contributed by atoms with Gasteiger partial charge in [-0.05, 0) is 48.0 Å². The zero-order valence-electron chi connectivity index (χ0n) is 9.25. The molecule has 86 valence electrons. The van der Waals surface area contributed by atoms with Gasteiger partial charge in [0, 0.05) is 18.9 Å². The molecule has 0 atom stereocenters. The fourth-order valence-corrected chi connectivity index (χ4v) is 2.07. The molecule has 1 aliphatic carbocycles. The minimum Gasteiger partial charge on any atom is -0.354 e. The molecule has 0 aromatic carbocycles. The number of halogens is 1. The van der Waals surface area contributed by atoms with Crippen LogP contribution in [0.15, 0.2) is 28.5 Å². The molecule has 0 radical (unpaired) electrons. The van der Waals surface area contributed by atoms with Crippen LogP contribution in [0, 0.1) is 0 Å². The van der Waals surface area contributed by atoms with Crippen LogP contribution in [-0.2, 0) is 0 Å². The van der Waals surface area contributed by atoms with E-state index in [1.165, 1.54) is 25.7 Å². The van der Waals surface area contributed by atoms with E-state index >= 15 is 0 Å². The van der Waals surface area contributed by atoms with Gasteiger partial charge in [0.05, 0.1) is 4.47 Å². The molecule has 0 aliphatic heterocycles. The van der Waals surface area contributed by atoms with Crippen molar-refractivity contribution in [3.05, 3.63) is 28.5 Å². The lowest BCUT2D eigenvalue weighted by atomic mass is 9.97. The maximum atomic E-state index is 4.17. The fourth-order valence-electron chi connectivity index (χ4n) is 1.87. The Hall–Kier alpha value is -0.900. The molecule has 1 aliphatic rings. The molecule has 0 fully saturated rings. The van der Waals surface area contributed by atoms with E-state index in [9.17, 15) is 0 Å². The largest absolute Gasteiger partial charge is 0.354 e. The Morgan fingerprint density at radius 2 is 2.06 bits per heavy atom. The van der Waals surface area contributed by atoms with Crippen LogP contribution >= 0.6 is 15.9 Å². The molecule has 0 saturated heterocycles. The Bertz CT molecular complexity index is 359. The predicted octanol–water partition coefficient (Wildman–Crippen LogP) is 3.54. The normalized spacial score (nSPS) is 15.7. The molecule has 1 heterocycles. The second-order valence-corrected chi connectivity index (χ2v) is 4.93. The lowest BCUT2D eigenvalue weighted by molar-refractivity contribution is 0.679. The lowest BCUT2D eigenvalue weighted by Gasteiger charge is -2.12. The summed E-state index contributed by atoms with van der Waals surface area (Å²) in [6.45, 7) is 0.924. The Balaban J connectivity index is 1.75. The monoisotopic (exact) mass is 281 g/mol. The Morgan fingerprint density at radius 1 is 1.25 bits per heavy atom. The topological polar surface area (TPSA) is 37.8 Å². The minimum absolute atomic E-state index is 0.708. The number of anilines is 1. The molecular weight excluding hydrogens is 266 g/mol. The summed E-state index contributed by atoms with van der Waals surface area (Å²) in [6.07, 6.45) is 12.2. The van der Waals surface area contributed by atoms with Crippen molar-refractivity contribution in [2.45, 2.75) is 32.1 Å². The average Bonchev–Trinajstić information content (AvgIpc) is 2.33. The molecule has 0 unspecified atom stereocenters. The summed E-state index contributed by atoms with van der Waals surface area (Å²) in [6, 6.07) is 0. The van der Waals surface area contributed by atoms with Crippen molar-refractivity contribution in [1.82, 2.24) is 9.97 Å². The average molecular weight is 282 g/mol. The lowest BCUT2D eigenvalue weighted by Crippen LogP contribution is -2.06. The van der Waals surface area contributed by atoms with Gasteiger partial charge in [0.15, 0.2) is 0 Å². The molecular formula is C12H16BrN3. The first-order valence-electron chi connectivity index (χ1n) is 5.74. The molecule has 0 bridgehead atoms. The maximum Gasteiger partial charge on any atom is 0.222 e. The van der Waals surface area contributed by atoms with Crippen molar-refractivity contribution in [1.29, 1.82) is 0 Å². The van der Waals surface area contributed by atoms with Crippen LogP contribution in [0.2, 0.25) is 0 Å². The van der Waals surface area contributed by atoms with Crippen molar-refractivity contribution in [2.24, 2.45) is 0 Å². The van der Waals surface area contributed by atoms with E-state index in [0.29, 0.717) is 5.95 Å². The number of aromatic nitrogens is 2. The van der Waals surface area contributed by atoms with Crippen molar-refractivity contribution in [3.8, 4) is 0 Å². The Labute approximate surface area is 105 Å². The first-order valence-corrected chi connectivity index (χ1v) is 6.53. The highest BCUT2D eigenvalue weighted by molar-refractivity contribution is 9.10. The van der Waals surface area contributed by atoms with Crippen molar-refractivity contribution < 1.29 is 0 Å². The smallest absolute Gasteiger partial charge is 0.222 e. The molecule has 1 N–H and O–H groups in total. The summed E-state index contributed by atoms with van der Waals surface area (Å²) < 4.78 is 0.910. The molecule has 16 heavy (non-hydrogen) atoms. The van der Waals surface area contributed by atoms with Gasteiger partial charge in [0.1, 0.15) is 0 Å². The van der Waals surface area contributed by atoms with Crippen molar-refractivity contribution in [3.63, 3.8) is 0 Å². The number of allylic oxidation sites excluding steroid dienone is 1. The number of hydrogen-bond acceptors (Lipinski definition) is 3. The Kier molecular flexibility index (Phi) is 4.34. The van der Waals surface area contributed by atoms with Gasteiger partial charge in [-0.1, -0.05) is 11.6 Å². The second kappa shape index (κ2) is 5.99. The van der Waals surface area contributed by atoms with Crippen LogP contribution in [0.5, 0.6) is 0 Å². The molecule has 2 rings (SSSR count). The van der Waals surface area contributed by atoms with Gasteiger partial charge in [-0.25, -0.2) is 9.97 Å². The highest BCUT2D eigenvalue weighted by Crippen LogP contribution is 2.19. The standard InChI is InChI=1S/C12H16BrN3/c13-11-8-15-12(16-9-11)14-7-6-10-4-2-1-3-5-10/h4,8-9H,1-3,5-7H2,(H,14,15,16). The van der Waals surface area contributed by atoms with Gasteiger partial charge in [0.2, 0.25) is 5.95 Å². The number of hydrogen-bond donors (Lipinski definition) is 1. The number of rotatable bonds is 4. The van der Waals surface area contributed by atoms with Crippen LogP contribution in [0.3, 0.4) is 0 Å². The zero-order chi connectivity index (χ0) is 11.2. The number of nitrogens with one attached hydrogen (secondary N) is 1. The molecule has 3 nitrogen and oxygen atoms in total. The van der Waals surface area contributed by atoms with Crippen molar-refractivity contribution in [2.75, 3.05) is 11.9 Å². The van der Waals surface area contributed by atoms with Crippen molar-refractivity contribution >= 4 is 21.9 Å². The van der Waals surface area contributed by atoms with E-state index in [0.717, 1.165) is 17.4 Å². The summed E-state index contributed by atoms with van der Waals surface area (Å²) in [7, 11) is 0. The first kappa shape index (κ1) is 11.6. The summed E-state index contributed by atoms with van der Waals surface area (Å²) in [5, 5.41) is 3.24. The van der Waals surface area contributed by atoms with Gasteiger partial charge in [0.25, 0.3) is 0 Å². The van der Waals surface area contributed by atoms with Gasteiger partial charge in [-0.3, -0.25) is 0 Å². The van der Waals surface area contributed by atoms with Crippen LogP contribution in [-0.4, -0.2) is 16.5 Å². The summed E-state index contributed by atoms with van der Waals surface area (Å²) in [4.78, 5) is 8.34. The predicted molar refractivity (Wildman–Crippen MR) is 69.4 cm³/mol. The van der Waals surface area contributed by atoms with E-state index in [2.05, 4.69) is 37.3 Å². The third kappa shape index (κ3) is 3.59. The van der Waals surface area contributed by atoms with E-state index < -0.39 is 0 Å². The second-order valence-electron chi connectivity index (χ2n) is 4.01. The van der Waals surface area contributed by atoms with Crippen LogP contribution in [0.25, 0.3) is 0 Å². The maximum absolute atomic E-state index is 4.17. The number of nitrogens with zero attached hydrogens (tertiary/aromatic N) is 2. The van der Waals surface area contributed by atoms with E-state index in [1.54, 1.807) is 18.0 Å². The summed E-state index contributed by atoms with van der Waals surface area (Å²) in [5.74, 6) is 0.708. The highest BCUT2D eigenvalue weighted by atomic mass is 79.9. The SMILES string of the molecule is Brc1cnc(NCCC2=CCCCC2)nc1. The van der Waals surface area contributed by atoms with Gasteiger partial charge >= 0.3 is 0 Å². The third-order valence-corrected chi connectivity index (χ3v) is 3.14. The molecule has 0 amide bonds. The van der Waals surface area contributed by atoms with Crippen LogP contribution < -0.4 is 5.32 Å². The minimum atomic E-state index is 0.708. The fraction of sp³-hybridized carbons (Fsp3) is 0.500. The van der Waals surface area contributed by atoms with E-state index in [4.69, 9.17) is 0 Å². The molecule has 1 aromatic rings. The third-order valence-electron chi connectivity index (χ3n) is 2.73. The van der Waals surface area contributed by atoms with Gasteiger partial charge < -0.3 is 5.32 Å². The highest BCUT2D eigenvalue weighted by Gasteiger charge is 2.03. The molecule has 0 saturated carbocycles. The van der Waals surface area contributed by atoms with E-state index in [-0.39, 0.29) is 0 Å². The quantitative estimate of drug-likeness (QED) is 0.858. The van der Waals surface area contributed by atoms with Crippen LogP contribution in [0.4, 0.5) is 5.95 Å². The first-order chi connectivity index (χ1) is 7.84.